The van der Waals surface area contributed by atoms with Gasteiger partial charge < -0.3 is 5.73 Å². The van der Waals surface area contributed by atoms with E-state index in [1.165, 1.54) is 11.8 Å². The zero-order valence-electron chi connectivity index (χ0n) is 11.7. The number of hydrogen-bond donors (Lipinski definition) is 2. The van der Waals surface area contributed by atoms with Gasteiger partial charge in [0.15, 0.2) is 0 Å². The fourth-order valence-corrected chi connectivity index (χ4v) is 4.60. The van der Waals surface area contributed by atoms with E-state index in [0.717, 1.165) is 30.6 Å². The van der Waals surface area contributed by atoms with Crippen molar-refractivity contribution in [1.29, 1.82) is 0 Å². The molecule has 2 rings (SSSR count). The van der Waals surface area contributed by atoms with E-state index in [4.69, 9.17) is 5.73 Å². The zero-order chi connectivity index (χ0) is 14.6. The minimum absolute atomic E-state index is 0.0308. The highest BCUT2D eigenvalue weighted by atomic mass is 32.2. The van der Waals surface area contributed by atoms with E-state index in [9.17, 15) is 8.42 Å². The SMILES string of the molecule is CSc1cccc(S(=O)(=O)NC2CCCCC2CN)c1. The molecular formula is C14H22N2O2S2. The molecule has 112 valence electrons. The summed E-state index contributed by atoms with van der Waals surface area (Å²) in [7, 11) is -3.45. The van der Waals surface area contributed by atoms with Crippen LogP contribution in [0.25, 0.3) is 0 Å². The predicted octanol–water partition coefficient (Wildman–Crippen LogP) is 2.20. The monoisotopic (exact) mass is 314 g/mol. The second-order valence-electron chi connectivity index (χ2n) is 5.19. The summed E-state index contributed by atoms with van der Waals surface area (Å²) >= 11 is 1.54. The topological polar surface area (TPSA) is 72.2 Å². The molecule has 1 aliphatic carbocycles. The first-order valence-corrected chi connectivity index (χ1v) is 9.64. The van der Waals surface area contributed by atoms with Gasteiger partial charge in [0, 0.05) is 10.9 Å². The highest BCUT2D eigenvalue weighted by Gasteiger charge is 2.28. The molecule has 0 heterocycles. The van der Waals surface area contributed by atoms with Gasteiger partial charge >= 0.3 is 0 Å². The lowest BCUT2D eigenvalue weighted by molar-refractivity contribution is 0.296. The first kappa shape index (κ1) is 15.8. The maximum Gasteiger partial charge on any atom is 0.240 e. The quantitative estimate of drug-likeness (QED) is 0.817. The van der Waals surface area contributed by atoms with Crippen molar-refractivity contribution >= 4 is 21.8 Å². The van der Waals surface area contributed by atoms with Gasteiger partial charge in [-0.2, -0.15) is 0 Å². The van der Waals surface area contributed by atoms with Gasteiger partial charge in [0.1, 0.15) is 0 Å². The number of thioether (sulfide) groups is 1. The van der Waals surface area contributed by atoms with Crippen LogP contribution in [0.5, 0.6) is 0 Å². The lowest BCUT2D eigenvalue weighted by atomic mass is 9.85. The molecule has 0 spiro atoms. The minimum atomic E-state index is -3.45. The van der Waals surface area contributed by atoms with Gasteiger partial charge in [0.25, 0.3) is 0 Å². The van der Waals surface area contributed by atoms with Crippen LogP contribution in [-0.4, -0.2) is 27.3 Å². The Bertz CT molecular complexity index is 546. The van der Waals surface area contributed by atoms with Gasteiger partial charge in [-0.15, -0.1) is 11.8 Å². The summed E-state index contributed by atoms with van der Waals surface area (Å²) < 4.78 is 27.8. The molecule has 1 aliphatic rings. The smallest absolute Gasteiger partial charge is 0.240 e. The van der Waals surface area contributed by atoms with Crippen molar-refractivity contribution in [3.63, 3.8) is 0 Å². The van der Waals surface area contributed by atoms with Crippen LogP contribution in [0, 0.1) is 5.92 Å². The maximum absolute atomic E-state index is 12.5. The molecule has 2 unspecified atom stereocenters. The van der Waals surface area contributed by atoms with Gasteiger partial charge in [-0.1, -0.05) is 18.9 Å². The normalized spacial score (nSPS) is 23.7. The summed E-state index contributed by atoms with van der Waals surface area (Å²) in [5.74, 6) is 0.252. The van der Waals surface area contributed by atoms with Crippen LogP contribution in [0.3, 0.4) is 0 Å². The summed E-state index contributed by atoms with van der Waals surface area (Å²) in [5, 5.41) is 0. The van der Waals surface area contributed by atoms with Crippen molar-refractivity contribution in [3.05, 3.63) is 24.3 Å². The minimum Gasteiger partial charge on any atom is -0.330 e. The van der Waals surface area contributed by atoms with Crippen LogP contribution in [0.2, 0.25) is 0 Å². The molecule has 1 aromatic carbocycles. The van der Waals surface area contributed by atoms with Crippen LogP contribution in [0.4, 0.5) is 0 Å². The molecule has 0 bridgehead atoms. The van der Waals surface area contributed by atoms with E-state index in [0.29, 0.717) is 11.4 Å². The van der Waals surface area contributed by atoms with Crippen molar-refractivity contribution in [1.82, 2.24) is 4.72 Å². The van der Waals surface area contributed by atoms with Crippen LogP contribution in [0.1, 0.15) is 25.7 Å². The number of nitrogens with two attached hydrogens (primary N) is 1. The van der Waals surface area contributed by atoms with Crippen molar-refractivity contribution in [2.24, 2.45) is 11.7 Å². The lowest BCUT2D eigenvalue weighted by Gasteiger charge is -2.31. The van der Waals surface area contributed by atoms with Gasteiger partial charge in [0.2, 0.25) is 10.0 Å². The Morgan fingerprint density at radius 2 is 2.10 bits per heavy atom. The van der Waals surface area contributed by atoms with Gasteiger partial charge in [0.05, 0.1) is 4.90 Å². The molecule has 6 heteroatoms. The second-order valence-corrected chi connectivity index (χ2v) is 7.78. The average Bonchev–Trinajstić information content (AvgIpc) is 2.47. The third-order valence-electron chi connectivity index (χ3n) is 3.87. The maximum atomic E-state index is 12.5. The summed E-state index contributed by atoms with van der Waals surface area (Å²) in [5.41, 5.74) is 5.76. The molecule has 0 saturated heterocycles. The molecule has 0 aliphatic heterocycles. The fraction of sp³-hybridized carbons (Fsp3) is 0.571. The van der Waals surface area contributed by atoms with E-state index in [1.807, 2.05) is 12.3 Å². The lowest BCUT2D eigenvalue weighted by Crippen LogP contribution is -2.44. The number of benzene rings is 1. The molecule has 1 saturated carbocycles. The number of nitrogens with one attached hydrogen (secondary N) is 1. The third kappa shape index (κ3) is 3.75. The number of sulfonamides is 1. The molecule has 3 N–H and O–H groups in total. The van der Waals surface area contributed by atoms with Crippen molar-refractivity contribution < 1.29 is 8.42 Å². The molecule has 2 atom stereocenters. The summed E-state index contributed by atoms with van der Waals surface area (Å²) in [6.07, 6.45) is 6.03. The number of rotatable bonds is 5. The Hall–Kier alpha value is -0.560. The Morgan fingerprint density at radius 3 is 2.80 bits per heavy atom. The van der Waals surface area contributed by atoms with Crippen LogP contribution in [-0.2, 0) is 10.0 Å². The first-order valence-electron chi connectivity index (χ1n) is 6.93. The second kappa shape index (κ2) is 6.93. The van der Waals surface area contributed by atoms with Crippen LogP contribution >= 0.6 is 11.8 Å². The van der Waals surface area contributed by atoms with Crippen LogP contribution in [0.15, 0.2) is 34.1 Å². The standard InChI is InChI=1S/C14H22N2O2S2/c1-19-12-6-4-7-13(9-12)20(17,18)16-14-8-3-2-5-11(14)10-15/h4,6-7,9,11,14,16H,2-3,5,8,10,15H2,1H3. The summed E-state index contributed by atoms with van der Waals surface area (Å²) in [6.45, 7) is 0.540. The van der Waals surface area contributed by atoms with E-state index in [-0.39, 0.29) is 12.0 Å². The van der Waals surface area contributed by atoms with Gasteiger partial charge in [-0.3, -0.25) is 0 Å². The Balaban J connectivity index is 2.17. The van der Waals surface area contributed by atoms with Gasteiger partial charge in [-0.25, -0.2) is 13.1 Å². The first-order chi connectivity index (χ1) is 9.56. The summed E-state index contributed by atoms with van der Waals surface area (Å²) in [6, 6.07) is 7.02. The van der Waals surface area contributed by atoms with Gasteiger partial charge in [-0.05, 0) is 49.8 Å². The molecular weight excluding hydrogens is 292 g/mol. The summed E-state index contributed by atoms with van der Waals surface area (Å²) in [4.78, 5) is 1.29. The molecule has 20 heavy (non-hydrogen) atoms. The molecule has 4 nitrogen and oxygen atoms in total. The molecule has 1 fully saturated rings. The predicted molar refractivity (Wildman–Crippen MR) is 83.3 cm³/mol. The van der Waals surface area contributed by atoms with Crippen LogP contribution < -0.4 is 10.5 Å². The van der Waals surface area contributed by atoms with E-state index in [1.54, 1.807) is 18.2 Å². The Morgan fingerprint density at radius 1 is 1.35 bits per heavy atom. The van der Waals surface area contributed by atoms with Crippen molar-refractivity contribution in [2.75, 3.05) is 12.8 Å². The zero-order valence-corrected chi connectivity index (χ0v) is 13.3. The fourth-order valence-electron chi connectivity index (χ4n) is 2.68. The van der Waals surface area contributed by atoms with E-state index < -0.39 is 10.0 Å². The molecule has 1 aromatic rings. The highest BCUT2D eigenvalue weighted by Crippen LogP contribution is 2.26. The largest absolute Gasteiger partial charge is 0.330 e. The van der Waals surface area contributed by atoms with E-state index in [2.05, 4.69) is 4.72 Å². The molecule has 0 radical (unpaired) electrons. The van der Waals surface area contributed by atoms with E-state index >= 15 is 0 Å². The Kier molecular flexibility index (Phi) is 5.49. The highest BCUT2D eigenvalue weighted by molar-refractivity contribution is 7.98. The van der Waals surface area contributed by atoms with Crippen molar-refractivity contribution in [2.45, 2.75) is 41.5 Å². The number of hydrogen-bond acceptors (Lipinski definition) is 4. The molecule has 0 aromatic heterocycles. The third-order valence-corrected chi connectivity index (χ3v) is 6.08. The Labute approximate surface area is 125 Å². The average molecular weight is 314 g/mol. The molecule has 0 amide bonds. The van der Waals surface area contributed by atoms with Crippen molar-refractivity contribution in [3.8, 4) is 0 Å².